The zero-order valence-corrected chi connectivity index (χ0v) is 18.7. The summed E-state index contributed by atoms with van der Waals surface area (Å²) >= 11 is 0. The first-order chi connectivity index (χ1) is 15.9. The summed E-state index contributed by atoms with van der Waals surface area (Å²) in [5, 5.41) is 10.7. The molecule has 0 radical (unpaired) electrons. The van der Waals surface area contributed by atoms with E-state index in [1.165, 1.54) is 0 Å². The Balaban J connectivity index is 1.70. The van der Waals surface area contributed by atoms with Crippen LogP contribution in [0.5, 0.6) is 5.75 Å². The zero-order valence-electron chi connectivity index (χ0n) is 18.7. The number of hydrogen-bond donors (Lipinski definition) is 1. The first kappa shape index (κ1) is 20.8. The minimum atomic E-state index is -1.01. The van der Waals surface area contributed by atoms with Crippen molar-refractivity contribution >= 4 is 22.4 Å². The number of aromatic nitrogens is 2. The van der Waals surface area contributed by atoms with E-state index in [4.69, 9.17) is 9.72 Å². The Morgan fingerprint density at radius 1 is 1.00 bits per heavy atom. The number of aryl methyl sites for hydroxylation is 2. The minimum absolute atomic E-state index is 0.184. The topological polar surface area (TPSA) is 63.8 Å². The van der Waals surface area contributed by atoms with Crippen molar-refractivity contribution in [1.82, 2.24) is 9.38 Å². The smallest absolute Gasteiger partial charge is 0.336 e. The summed E-state index contributed by atoms with van der Waals surface area (Å²) in [7, 11) is 0. The number of hydrogen-bond acceptors (Lipinski definition) is 3. The van der Waals surface area contributed by atoms with Gasteiger partial charge in [-0.15, -0.1) is 0 Å². The first-order valence-electron chi connectivity index (χ1n) is 10.9. The fourth-order valence-electron chi connectivity index (χ4n) is 4.35. The number of pyridine rings is 2. The van der Waals surface area contributed by atoms with Crippen molar-refractivity contribution < 1.29 is 14.6 Å². The molecule has 0 saturated carbocycles. The van der Waals surface area contributed by atoms with E-state index in [1.54, 1.807) is 6.07 Å². The fraction of sp³-hybridized carbons (Fsp3) is 0.143. The standard InChI is InChI=1S/C28H24N2O3/c1-17-12-13-25(33-19(3)20-9-5-4-6-10-20)26-23(28(31)32)16-24(29-27(17)26)22-15-21-11-7-8-14-30(21)18(22)2/h4-16,19H,1-3H3,(H,31,32). The Morgan fingerprint density at radius 3 is 2.48 bits per heavy atom. The van der Waals surface area contributed by atoms with Crippen LogP contribution < -0.4 is 4.74 Å². The van der Waals surface area contributed by atoms with Crippen molar-refractivity contribution in [3.05, 3.63) is 101 Å². The average molecular weight is 437 g/mol. The summed E-state index contributed by atoms with van der Waals surface area (Å²) < 4.78 is 8.35. The van der Waals surface area contributed by atoms with Crippen LogP contribution in [0.15, 0.2) is 79.0 Å². The van der Waals surface area contributed by atoms with E-state index >= 15 is 0 Å². The highest BCUT2D eigenvalue weighted by molar-refractivity contribution is 6.07. The van der Waals surface area contributed by atoms with Crippen LogP contribution in [0, 0.1) is 13.8 Å². The summed E-state index contributed by atoms with van der Waals surface area (Å²) in [5.74, 6) is -0.491. The van der Waals surface area contributed by atoms with Crippen molar-refractivity contribution in [2.24, 2.45) is 0 Å². The van der Waals surface area contributed by atoms with E-state index in [1.807, 2.05) is 93.7 Å². The molecule has 1 N–H and O–H groups in total. The van der Waals surface area contributed by atoms with Crippen LogP contribution in [-0.2, 0) is 0 Å². The molecule has 0 bridgehead atoms. The summed E-state index contributed by atoms with van der Waals surface area (Å²) in [6, 6.07) is 23.3. The molecular formula is C28H24N2O3. The molecule has 5 rings (SSSR count). The van der Waals surface area contributed by atoms with Crippen molar-refractivity contribution in [3.63, 3.8) is 0 Å². The van der Waals surface area contributed by atoms with Crippen molar-refractivity contribution in [2.45, 2.75) is 26.9 Å². The third-order valence-electron chi connectivity index (χ3n) is 6.14. The lowest BCUT2D eigenvalue weighted by molar-refractivity contribution is 0.0698. The molecule has 0 spiro atoms. The fourth-order valence-corrected chi connectivity index (χ4v) is 4.35. The Bertz CT molecular complexity index is 1500. The molecule has 164 valence electrons. The highest BCUT2D eigenvalue weighted by Gasteiger charge is 2.21. The van der Waals surface area contributed by atoms with Gasteiger partial charge in [-0.3, -0.25) is 0 Å². The second kappa shape index (κ2) is 8.10. The monoisotopic (exact) mass is 436 g/mol. The molecule has 33 heavy (non-hydrogen) atoms. The van der Waals surface area contributed by atoms with Crippen LogP contribution in [-0.4, -0.2) is 20.5 Å². The van der Waals surface area contributed by atoms with Crippen LogP contribution in [0.25, 0.3) is 27.7 Å². The minimum Gasteiger partial charge on any atom is -0.485 e. The maximum Gasteiger partial charge on any atom is 0.336 e. The van der Waals surface area contributed by atoms with Crippen LogP contribution in [0.1, 0.15) is 40.2 Å². The molecule has 0 fully saturated rings. The molecule has 3 heterocycles. The number of rotatable bonds is 5. The highest BCUT2D eigenvalue weighted by Crippen LogP contribution is 2.36. The number of benzene rings is 2. The van der Waals surface area contributed by atoms with Crippen LogP contribution >= 0.6 is 0 Å². The summed E-state index contributed by atoms with van der Waals surface area (Å²) in [4.78, 5) is 17.3. The Morgan fingerprint density at radius 2 is 1.76 bits per heavy atom. The molecular weight excluding hydrogens is 412 g/mol. The third kappa shape index (κ3) is 3.61. The summed E-state index contributed by atoms with van der Waals surface area (Å²) in [6.07, 6.45) is 1.76. The molecule has 0 aliphatic rings. The second-order valence-corrected chi connectivity index (χ2v) is 8.27. The average Bonchev–Trinajstić information content (AvgIpc) is 3.17. The van der Waals surface area contributed by atoms with E-state index in [9.17, 15) is 9.90 Å². The lowest BCUT2D eigenvalue weighted by Crippen LogP contribution is -2.07. The molecule has 0 saturated heterocycles. The Labute approximate surface area is 191 Å². The quantitative estimate of drug-likeness (QED) is 0.337. The van der Waals surface area contributed by atoms with Gasteiger partial charge in [0.2, 0.25) is 0 Å². The molecule has 0 amide bonds. The van der Waals surface area contributed by atoms with Crippen LogP contribution in [0.2, 0.25) is 0 Å². The van der Waals surface area contributed by atoms with Gasteiger partial charge in [0, 0.05) is 23.0 Å². The normalized spacial score (nSPS) is 12.2. The number of carbonyl (C=O) groups is 1. The van der Waals surface area contributed by atoms with Gasteiger partial charge >= 0.3 is 5.97 Å². The lowest BCUT2D eigenvalue weighted by Gasteiger charge is -2.19. The lowest BCUT2D eigenvalue weighted by atomic mass is 10.0. The van der Waals surface area contributed by atoms with Gasteiger partial charge in [-0.25, -0.2) is 9.78 Å². The van der Waals surface area contributed by atoms with Gasteiger partial charge in [-0.2, -0.15) is 0 Å². The molecule has 3 aromatic heterocycles. The number of aromatic carboxylic acids is 1. The largest absolute Gasteiger partial charge is 0.485 e. The van der Waals surface area contributed by atoms with Crippen molar-refractivity contribution in [2.75, 3.05) is 0 Å². The second-order valence-electron chi connectivity index (χ2n) is 8.27. The predicted molar refractivity (Wildman–Crippen MR) is 130 cm³/mol. The third-order valence-corrected chi connectivity index (χ3v) is 6.14. The van der Waals surface area contributed by atoms with Gasteiger partial charge in [-0.1, -0.05) is 42.5 Å². The van der Waals surface area contributed by atoms with Gasteiger partial charge in [0.15, 0.2) is 0 Å². The molecule has 5 heteroatoms. The van der Waals surface area contributed by atoms with E-state index in [2.05, 4.69) is 4.40 Å². The van der Waals surface area contributed by atoms with Gasteiger partial charge in [-0.05, 0) is 62.2 Å². The summed E-state index contributed by atoms with van der Waals surface area (Å²) in [5.41, 5.74) is 6.33. The molecule has 0 aliphatic carbocycles. The van der Waals surface area contributed by atoms with Crippen molar-refractivity contribution in [1.29, 1.82) is 0 Å². The maximum atomic E-state index is 12.4. The number of nitrogens with zero attached hydrogens (tertiary/aromatic N) is 2. The molecule has 5 aromatic rings. The van der Waals surface area contributed by atoms with Crippen LogP contribution in [0.3, 0.4) is 0 Å². The first-order valence-corrected chi connectivity index (χ1v) is 10.9. The van der Waals surface area contributed by atoms with E-state index < -0.39 is 5.97 Å². The number of fused-ring (bicyclic) bond motifs is 2. The van der Waals surface area contributed by atoms with E-state index in [-0.39, 0.29) is 11.7 Å². The molecule has 5 nitrogen and oxygen atoms in total. The molecule has 1 atom stereocenters. The molecule has 0 aliphatic heterocycles. The zero-order chi connectivity index (χ0) is 23.1. The predicted octanol–water partition coefficient (Wildman–Crippen LogP) is 6.61. The number of carboxylic acids is 1. The van der Waals surface area contributed by atoms with E-state index in [0.29, 0.717) is 22.3 Å². The van der Waals surface area contributed by atoms with Gasteiger partial charge < -0.3 is 14.2 Å². The van der Waals surface area contributed by atoms with E-state index in [0.717, 1.165) is 27.9 Å². The molecule has 1 unspecified atom stereocenters. The van der Waals surface area contributed by atoms with Crippen LogP contribution in [0.4, 0.5) is 0 Å². The maximum absolute atomic E-state index is 12.4. The number of carboxylic acid groups (broad SMARTS) is 1. The van der Waals surface area contributed by atoms with Gasteiger partial charge in [0.25, 0.3) is 0 Å². The van der Waals surface area contributed by atoms with Gasteiger partial charge in [0.1, 0.15) is 11.9 Å². The van der Waals surface area contributed by atoms with Crippen molar-refractivity contribution in [3.8, 4) is 17.0 Å². The SMILES string of the molecule is Cc1ccc(OC(C)c2ccccc2)c2c(C(=O)O)cc(-c3cc4ccccn4c3C)nc12. The highest BCUT2D eigenvalue weighted by atomic mass is 16.5. The Kier molecular flexibility index (Phi) is 5.09. The summed E-state index contributed by atoms with van der Waals surface area (Å²) in [6.45, 7) is 5.92. The molecule has 2 aromatic carbocycles. The van der Waals surface area contributed by atoms with Gasteiger partial charge in [0.05, 0.1) is 22.2 Å². The number of ether oxygens (including phenoxy) is 1. The Hall–Kier alpha value is -4.12.